The summed E-state index contributed by atoms with van der Waals surface area (Å²) in [6.45, 7) is 2.99. The van der Waals surface area contributed by atoms with Gasteiger partial charge in [-0.15, -0.1) is 0 Å². The first kappa shape index (κ1) is 32.8. The maximum atomic E-state index is 13.7. The molecule has 0 unspecified atom stereocenters. The Morgan fingerprint density at radius 2 is 0.957 bits per heavy atom. The van der Waals surface area contributed by atoms with Crippen LogP contribution in [-0.2, 0) is 24.0 Å². The molecule has 1 aliphatic heterocycles. The van der Waals surface area contributed by atoms with Crippen molar-refractivity contribution >= 4 is 47.8 Å². The third-order valence-corrected chi connectivity index (χ3v) is 6.31. The van der Waals surface area contributed by atoms with E-state index in [0.717, 1.165) is 0 Å². The monoisotopic (exact) mass is 621 g/mol. The van der Waals surface area contributed by atoms with E-state index in [1.807, 2.05) is 0 Å². The van der Waals surface area contributed by atoms with E-state index in [0.29, 0.717) is 16.7 Å². The third kappa shape index (κ3) is 9.71. The van der Waals surface area contributed by atoms with Crippen molar-refractivity contribution in [3.63, 3.8) is 0 Å². The molecule has 234 valence electrons. The van der Waals surface area contributed by atoms with Crippen LogP contribution < -0.4 is 26.6 Å². The number of nitrogens with one attached hydrogen (secondary N) is 5. The molecule has 0 atom stereocenters. The number of carbonyl (C=O) groups excluding carboxylic acids is 5. The maximum absolute atomic E-state index is 13.7. The second-order valence-electron chi connectivity index (χ2n) is 10.5. The van der Waals surface area contributed by atoms with Gasteiger partial charge in [0.1, 0.15) is 28.6 Å². The number of carbonyl (C=O) groups is 5. The van der Waals surface area contributed by atoms with Crippen molar-refractivity contribution < 1.29 is 28.4 Å². The molecule has 1 fully saturated rings. The van der Waals surface area contributed by atoms with E-state index >= 15 is 0 Å². The van der Waals surface area contributed by atoms with Crippen molar-refractivity contribution in [1.29, 1.82) is 0 Å². The van der Waals surface area contributed by atoms with E-state index in [2.05, 4.69) is 26.6 Å². The molecule has 4 rings (SSSR count). The van der Waals surface area contributed by atoms with Gasteiger partial charge in [0, 0.05) is 0 Å². The largest absolute Gasteiger partial charge is 0.342 e. The normalized spacial score (nSPS) is 18.8. The topological polar surface area (TPSA) is 146 Å². The molecule has 3 aromatic rings. The van der Waals surface area contributed by atoms with Crippen molar-refractivity contribution in [2.24, 2.45) is 5.92 Å². The SMILES string of the molecule is CC(C)/C=C1\NC(=O)/C(=C/c2ccccc2)NC(=O)/C(=C/c2ccccc2)NC(=O)CNC(=O)/C(=C/c2ccc(F)cc2)NC1=O. The average Bonchev–Trinajstić information content (AvgIpc) is 3.03. The molecule has 11 heteroatoms. The van der Waals surface area contributed by atoms with Crippen LogP contribution in [0.25, 0.3) is 18.2 Å². The highest BCUT2D eigenvalue weighted by molar-refractivity contribution is 6.12. The van der Waals surface area contributed by atoms with E-state index in [1.54, 1.807) is 74.5 Å². The van der Waals surface area contributed by atoms with Crippen LogP contribution in [-0.4, -0.2) is 36.1 Å². The lowest BCUT2D eigenvalue weighted by Gasteiger charge is -2.16. The van der Waals surface area contributed by atoms with Crippen LogP contribution in [0, 0.1) is 11.7 Å². The Bertz CT molecular complexity index is 1740. The lowest BCUT2D eigenvalue weighted by molar-refractivity contribution is -0.125. The van der Waals surface area contributed by atoms with Crippen molar-refractivity contribution in [2.75, 3.05) is 6.54 Å². The number of rotatable bonds is 4. The Morgan fingerprint density at radius 1 is 0.543 bits per heavy atom. The van der Waals surface area contributed by atoms with Crippen LogP contribution >= 0.6 is 0 Å². The number of benzene rings is 3. The van der Waals surface area contributed by atoms with Crippen molar-refractivity contribution in [2.45, 2.75) is 13.8 Å². The van der Waals surface area contributed by atoms with Gasteiger partial charge in [-0.2, -0.15) is 0 Å². The summed E-state index contributed by atoms with van der Waals surface area (Å²) in [6.07, 6.45) is 5.61. The molecule has 0 bridgehead atoms. The van der Waals surface area contributed by atoms with Crippen molar-refractivity contribution in [1.82, 2.24) is 26.6 Å². The molecule has 1 aliphatic rings. The molecule has 0 aliphatic carbocycles. The van der Waals surface area contributed by atoms with Gasteiger partial charge in [-0.05, 0) is 53.0 Å². The summed E-state index contributed by atoms with van der Waals surface area (Å²) in [5.74, 6) is -4.84. The van der Waals surface area contributed by atoms with Crippen LogP contribution in [0.2, 0.25) is 0 Å². The molecule has 0 spiro atoms. The Labute approximate surface area is 265 Å². The van der Waals surface area contributed by atoms with Crippen molar-refractivity contribution in [3.05, 3.63) is 136 Å². The molecule has 10 nitrogen and oxygen atoms in total. The highest BCUT2D eigenvalue weighted by atomic mass is 19.1. The summed E-state index contributed by atoms with van der Waals surface area (Å²) >= 11 is 0. The Morgan fingerprint density at radius 3 is 1.46 bits per heavy atom. The first-order chi connectivity index (χ1) is 22.1. The highest BCUT2D eigenvalue weighted by Crippen LogP contribution is 2.12. The molecule has 3 aromatic carbocycles. The van der Waals surface area contributed by atoms with E-state index in [-0.39, 0.29) is 28.7 Å². The van der Waals surface area contributed by atoms with Crippen LogP contribution in [0.5, 0.6) is 0 Å². The average molecular weight is 622 g/mol. The lowest BCUT2D eigenvalue weighted by Crippen LogP contribution is -2.42. The molecular weight excluding hydrogens is 589 g/mol. The number of hydrogen-bond donors (Lipinski definition) is 5. The zero-order valence-electron chi connectivity index (χ0n) is 25.1. The molecule has 5 N–H and O–H groups in total. The van der Waals surface area contributed by atoms with Crippen LogP contribution in [0.15, 0.2) is 114 Å². The third-order valence-electron chi connectivity index (χ3n) is 6.31. The quantitative estimate of drug-likeness (QED) is 0.284. The van der Waals surface area contributed by atoms with Crippen molar-refractivity contribution in [3.8, 4) is 0 Å². The minimum absolute atomic E-state index is 0.199. The lowest BCUT2D eigenvalue weighted by atomic mass is 10.1. The first-order valence-electron chi connectivity index (χ1n) is 14.3. The smallest absolute Gasteiger partial charge is 0.272 e. The van der Waals surface area contributed by atoms with Gasteiger partial charge in [-0.3, -0.25) is 24.0 Å². The van der Waals surface area contributed by atoms with Gasteiger partial charge >= 0.3 is 0 Å². The van der Waals surface area contributed by atoms with Gasteiger partial charge < -0.3 is 26.6 Å². The maximum Gasteiger partial charge on any atom is 0.272 e. The van der Waals surface area contributed by atoms with Gasteiger partial charge in [-0.1, -0.05) is 92.7 Å². The predicted molar refractivity (Wildman–Crippen MR) is 172 cm³/mol. The molecule has 1 heterocycles. The molecule has 46 heavy (non-hydrogen) atoms. The van der Waals surface area contributed by atoms with E-state index in [1.165, 1.54) is 48.6 Å². The van der Waals surface area contributed by atoms with Gasteiger partial charge in [-0.25, -0.2) is 4.39 Å². The second-order valence-corrected chi connectivity index (χ2v) is 10.5. The highest BCUT2D eigenvalue weighted by Gasteiger charge is 2.24. The number of halogens is 1. The fourth-order valence-electron chi connectivity index (χ4n) is 4.16. The summed E-state index contributed by atoms with van der Waals surface area (Å²) in [7, 11) is 0. The van der Waals surface area contributed by atoms with Gasteiger partial charge in [0.2, 0.25) is 5.91 Å². The zero-order chi connectivity index (χ0) is 33.1. The molecule has 0 saturated carbocycles. The fourth-order valence-corrected chi connectivity index (χ4v) is 4.16. The second kappa shape index (κ2) is 15.6. The van der Waals surface area contributed by atoms with Gasteiger partial charge in [0.05, 0.1) is 6.54 Å². The van der Waals surface area contributed by atoms with E-state index in [4.69, 9.17) is 0 Å². The minimum Gasteiger partial charge on any atom is -0.342 e. The Kier molecular flexibility index (Phi) is 11.1. The molecular formula is C35H32FN5O5. The summed E-state index contributed by atoms with van der Waals surface area (Å²) in [5, 5.41) is 12.5. The minimum atomic E-state index is -0.847. The molecule has 0 radical (unpaired) electrons. The molecule has 1 saturated heterocycles. The standard InChI is InChI=1S/C35H32FN5O5/c1-22(2)17-27-33(44)40-28(20-25-13-15-26(36)16-14-25)32(43)37-21-31(42)38-29(18-23-9-5-3-6-10-23)34(45)41-30(35(46)39-27)19-24-11-7-4-8-12-24/h3-20,22H,21H2,1-2H3,(H,37,43)(H,38,42)(H,39,46)(H,40,44)(H,41,45)/b27-17-,28-20-,29-18-,30-19-. The van der Waals surface area contributed by atoms with E-state index in [9.17, 15) is 28.4 Å². The summed E-state index contributed by atoms with van der Waals surface area (Å²) in [5.41, 5.74) is 0.617. The van der Waals surface area contributed by atoms with Gasteiger partial charge in [0.15, 0.2) is 0 Å². The number of amides is 5. The summed E-state index contributed by atoms with van der Waals surface area (Å²) in [4.78, 5) is 67.0. The predicted octanol–water partition coefficient (Wildman–Crippen LogP) is 3.38. The number of allylic oxidation sites excluding steroid dienone is 1. The first-order valence-corrected chi connectivity index (χ1v) is 14.3. The van der Waals surface area contributed by atoms with E-state index < -0.39 is 41.9 Å². The number of hydrogen-bond acceptors (Lipinski definition) is 5. The zero-order valence-corrected chi connectivity index (χ0v) is 25.1. The van der Waals surface area contributed by atoms with Crippen LogP contribution in [0.3, 0.4) is 0 Å². The summed E-state index contributed by atoms with van der Waals surface area (Å²) in [6, 6.07) is 22.6. The molecule has 0 aromatic heterocycles. The van der Waals surface area contributed by atoms with Gasteiger partial charge in [0.25, 0.3) is 23.6 Å². The van der Waals surface area contributed by atoms with Crippen LogP contribution in [0.1, 0.15) is 30.5 Å². The Balaban J connectivity index is 1.81. The van der Waals surface area contributed by atoms with Crippen LogP contribution in [0.4, 0.5) is 4.39 Å². The summed E-state index contributed by atoms with van der Waals surface area (Å²) < 4.78 is 13.5. The fraction of sp³-hybridized carbons (Fsp3) is 0.114. The Hall–Kier alpha value is -6.10. The molecule has 5 amide bonds.